The van der Waals surface area contributed by atoms with Gasteiger partial charge in [0.1, 0.15) is 5.82 Å². The molecule has 0 amide bonds. The van der Waals surface area contributed by atoms with E-state index in [0.29, 0.717) is 24.2 Å². The predicted molar refractivity (Wildman–Crippen MR) is 78.9 cm³/mol. The molecular weight excluding hydrogens is 267 g/mol. The molecule has 4 heteroatoms. The lowest BCUT2D eigenvalue weighted by molar-refractivity contribution is 0.120. The van der Waals surface area contributed by atoms with Crippen molar-refractivity contribution < 1.29 is 9.50 Å². The Morgan fingerprint density at radius 2 is 2.00 bits per heavy atom. The summed E-state index contributed by atoms with van der Waals surface area (Å²) >= 11 is 0. The molecule has 0 fully saturated rings. The number of rotatable bonds is 5. The molecule has 0 saturated heterocycles. The summed E-state index contributed by atoms with van der Waals surface area (Å²) in [6.45, 7) is 0.902. The third-order valence-corrected chi connectivity index (χ3v) is 3.26. The second-order valence-corrected chi connectivity index (χ2v) is 5.05. The number of nitrogens with zero attached hydrogens (tertiary/aromatic N) is 2. The van der Waals surface area contributed by atoms with E-state index < -0.39 is 11.9 Å². The molecule has 1 N–H and O–H groups in total. The van der Waals surface area contributed by atoms with Crippen molar-refractivity contribution >= 4 is 0 Å². The fourth-order valence-electron chi connectivity index (χ4n) is 2.25. The van der Waals surface area contributed by atoms with Crippen LogP contribution in [0.25, 0.3) is 0 Å². The number of benzene rings is 2. The monoisotopic (exact) mass is 284 g/mol. The molecule has 2 rings (SSSR count). The summed E-state index contributed by atoms with van der Waals surface area (Å²) in [5, 5.41) is 19.0. The molecule has 0 aliphatic heterocycles. The third kappa shape index (κ3) is 4.12. The standard InChI is InChI=1S/C17H17FN2O/c1-20(11-14-6-4-5-13(9-14)10-19)12-17(21)15-7-2-3-8-16(15)18/h2-9,17,21H,11-12H2,1H3. The fraction of sp³-hybridized carbons (Fsp3) is 0.235. The highest BCUT2D eigenvalue weighted by Crippen LogP contribution is 2.18. The van der Waals surface area contributed by atoms with Crippen LogP contribution in [0.4, 0.5) is 4.39 Å². The average Bonchev–Trinajstić information content (AvgIpc) is 2.47. The summed E-state index contributed by atoms with van der Waals surface area (Å²) < 4.78 is 13.6. The summed E-state index contributed by atoms with van der Waals surface area (Å²) in [5.41, 5.74) is 1.89. The van der Waals surface area contributed by atoms with Gasteiger partial charge in [0.15, 0.2) is 0 Å². The first-order valence-electron chi connectivity index (χ1n) is 6.70. The largest absolute Gasteiger partial charge is 0.387 e. The van der Waals surface area contributed by atoms with Crippen molar-refractivity contribution in [3.8, 4) is 6.07 Å². The van der Waals surface area contributed by atoms with Crippen molar-refractivity contribution in [1.82, 2.24) is 4.90 Å². The van der Waals surface area contributed by atoms with Crippen LogP contribution in [0.3, 0.4) is 0 Å². The fourth-order valence-corrected chi connectivity index (χ4v) is 2.25. The van der Waals surface area contributed by atoms with Crippen LogP contribution in [0.2, 0.25) is 0 Å². The maximum absolute atomic E-state index is 13.6. The lowest BCUT2D eigenvalue weighted by atomic mass is 10.1. The van der Waals surface area contributed by atoms with E-state index in [2.05, 4.69) is 6.07 Å². The van der Waals surface area contributed by atoms with Gasteiger partial charge in [-0.1, -0.05) is 30.3 Å². The number of aliphatic hydroxyl groups is 1. The van der Waals surface area contributed by atoms with Gasteiger partial charge < -0.3 is 5.11 Å². The van der Waals surface area contributed by atoms with Crippen molar-refractivity contribution in [2.24, 2.45) is 0 Å². The van der Waals surface area contributed by atoms with E-state index in [1.165, 1.54) is 6.07 Å². The maximum Gasteiger partial charge on any atom is 0.129 e. The predicted octanol–water partition coefficient (Wildman–Crippen LogP) is 2.86. The number of hydrogen-bond donors (Lipinski definition) is 1. The summed E-state index contributed by atoms with van der Waals surface area (Å²) in [4.78, 5) is 1.90. The molecular formula is C17H17FN2O. The number of hydrogen-bond acceptors (Lipinski definition) is 3. The van der Waals surface area contributed by atoms with Gasteiger partial charge in [0.25, 0.3) is 0 Å². The normalized spacial score (nSPS) is 12.1. The Morgan fingerprint density at radius 1 is 1.24 bits per heavy atom. The van der Waals surface area contributed by atoms with E-state index in [1.54, 1.807) is 24.3 Å². The summed E-state index contributed by atoms with van der Waals surface area (Å²) in [5.74, 6) is -0.398. The highest BCUT2D eigenvalue weighted by molar-refractivity contribution is 5.32. The van der Waals surface area contributed by atoms with Gasteiger partial charge in [-0.05, 0) is 30.8 Å². The van der Waals surface area contributed by atoms with Crippen LogP contribution in [0, 0.1) is 17.1 Å². The van der Waals surface area contributed by atoms with E-state index in [9.17, 15) is 9.50 Å². The van der Waals surface area contributed by atoms with Crippen LogP contribution in [0.5, 0.6) is 0 Å². The van der Waals surface area contributed by atoms with Crippen LogP contribution in [-0.2, 0) is 6.54 Å². The second-order valence-electron chi connectivity index (χ2n) is 5.05. The molecule has 0 heterocycles. The lowest BCUT2D eigenvalue weighted by Crippen LogP contribution is -2.24. The van der Waals surface area contributed by atoms with Crippen LogP contribution < -0.4 is 0 Å². The van der Waals surface area contributed by atoms with E-state index in [-0.39, 0.29) is 0 Å². The van der Waals surface area contributed by atoms with Crippen molar-refractivity contribution in [1.29, 1.82) is 5.26 Å². The molecule has 0 saturated carbocycles. The first-order chi connectivity index (χ1) is 10.1. The Morgan fingerprint density at radius 3 is 2.71 bits per heavy atom. The highest BCUT2D eigenvalue weighted by Gasteiger charge is 2.14. The maximum atomic E-state index is 13.6. The van der Waals surface area contributed by atoms with E-state index >= 15 is 0 Å². The minimum absolute atomic E-state index is 0.301. The van der Waals surface area contributed by atoms with Gasteiger partial charge in [-0.2, -0.15) is 5.26 Å². The second kappa shape index (κ2) is 6.98. The van der Waals surface area contributed by atoms with Crippen LogP contribution in [0.1, 0.15) is 22.8 Å². The highest BCUT2D eigenvalue weighted by atomic mass is 19.1. The number of halogens is 1. The lowest BCUT2D eigenvalue weighted by Gasteiger charge is -2.21. The van der Waals surface area contributed by atoms with Gasteiger partial charge in [-0.3, -0.25) is 4.90 Å². The van der Waals surface area contributed by atoms with E-state index in [1.807, 2.05) is 30.1 Å². The summed E-state index contributed by atoms with van der Waals surface area (Å²) in [6.07, 6.45) is -0.879. The van der Waals surface area contributed by atoms with Gasteiger partial charge >= 0.3 is 0 Å². The van der Waals surface area contributed by atoms with Crippen LogP contribution >= 0.6 is 0 Å². The zero-order valence-corrected chi connectivity index (χ0v) is 11.8. The zero-order chi connectivity index (χ0) is 15.2. The number of nitriles is 1. The molecule has 0 bridgehead atoms. The third-order valence-electron chi connectivity index (χ3n) is 3.26. The summed E-state index contributed by atoms with van der Waals surface area (Å²) in [7, 11) is 1.85. The van der Waals surface area contributed by atoms with Crippen molar-refractivity contribution in [2.45, 2.75) is 12.6 Å². The molecule has 2 aromatic carbocycles. The van der Waals surface area contributed by atoms with Crippen LogP contribution in [-0.4, -0.2) is 23.6 Å². The topological polar surface area (TPSA) is 47.3 Å². The minimum atomic E-state index is -0.879. The SMILES string of the molecule is CN(Cc1cccc(C#N)c1)CC(O)c1ccccc1F. The number of aliphatic hydroxyl groups excluding tert-OH is 1. The molecule has 2 aromatic rings. The molecule has 0 aliphatic carbocycles. The molecule has 21 heavy (non-hydrogen) atoms. The Balaban J connectivity index is 2.00. The first kappa shape index (κ1) is 15.2. The van der Waals surface area contributed by atoms with Crippen molar-refractivity contribution in [2.75, 3.05) is 13.6 Å². The van der Waals surface area contributed by atoms with Gasteiger partial charge in [0.05, 0.1) is 17.7 Å². The molecule has 0 radical (unpaired) electrons. The average molecular weight is 284 g/mol. The van der Waals surface area contributed by atoms with Gasteiger partial charge in [-0.15, -0.1) is 0 Å². The molecule has 1 unspecified atom stereocenters. The van der Waals surface area contributed by atoms with Gasteiger partial charge in [0, 0.05) is 18.7 Å². The Hall–Kier alpha value is -2.22. The Kier molecular flexibility index (Phi) is 5.04. The van der Waals surface area contributed by atoms with Gasteiger partial charge in [0.2, 0.25) is 0 Å². The molecule has 108 valence electrons. The molecule has 0 aliphatic rings. The van der Waals surface area contributed by atoms with Crippen molar-refractivity contribution in [3.05, 3.63) is 71.0 Å². The smallest absolute Gasteiger partial charge is 0.129 e. The molecule has 0 aromatic heterocycles. The molecule has 0 spiro atoms. The zero-order valence-electron chi connectivity index (χ0n) is 11.8. The molecule has 1 atom stereocenters. The first-order valence-corrected chi connectivity index (χ1v) is 6.70. The number of likely N-dealkylation sites (N-methyl/N-ethyl adjacent to an activating group) is 1. The van der Waals surface area contributed by atoms with Gasteiger partial charge in [-0.25, -0.2) is 4.39 Å². The van der Waals surface area contributed by atoms with Crippen LogP contribution in [0.15, 0.2) is 48.5 Å². The minimum Gasteiger partial charge on any atom is -0.387 e. The molecule has 3 nitrogen and oxygen atoms in total. The van der Waals surface area contributed by atoms with E-state index in [0.717, 1.165) is 5.56 Å². The Labute approximate surface area is 123 Å². The van der Waals surface area contributed by atoms with Crippen molar-refractivity contribution in [3.63, 3.8) is 0 Å². The van der Waals surface area contributed by atoms with E-state index in [4.69, 9.17) is 5.26 Å². The summed E-state index contributed by atoms with van der Waals surface area (Å²) in [6, 6.07) is 15.6. The quantitative estimate of drug-likeness (QED) is 0.918. The Bertz CT molecular complexity index is 651.